The van der Waals surface area contributed by atoms with Gasteiger partial charge >= 0.3 is 5.97 Å². The summed E-state index contributed by atoms with van der Waals surface area (Å²) in [6.07, 6.45) is 3.35. The van der Waals surface area contributed by atoms with E-state index in [2.05, 4.69) is 9.98 Å². The van der Waals surface area contributed by atoms with Crippen molar-refractivity contribution in [2.45, 2.75) is 39.8 Å². The van der Waals surface area contributed by atoms with Crippen molar-refractivity contribution in [3.63, 3.8) is 0 Å². The highest BCUT2D eigenvalue weighted by molar-refractivity contribution is 7.07. The Morgan fingerprint density at radius 3 is 2.69 bits per heavy atom. The van der Waals surface area contributed by atoms with E-state index in [4.69, 9.17) is 14.2 Å². The average Bonchev–Trinajstić information content (AvgIpc) is 3.13. The summed E-state index contributed by atoms with van der Waals surface area (Å²) >= 11 is 1.25. The summed E-state index contributed by atoms with van der Waals surface area (Å²) in [6, 6.07) is 10.2. The second-order valence-corrected chi connectivity index (χ2v) is 9.14. The Hall–Kier alpha value is -3.72. The predicted octanol–water partition coefficient (Wildman–Crippen LogP) is 2.99. The fourth-order valence-electron chi connectivity index (χ4n) is 3.91. The van der Waals surface area contributed by atoms with Crippen LogP contribution in [0, 0.1) is 0 Å². The molecule has 2 aromatic heterocycles. The van der Waals surface area contributed by atoms with Crippen LogP contribution in [-0.4, -0.2) is 35.3 Å². The van der Waals surface area contributed by atoms with E-state index in [0.29, 0.717) is 43.4 Å². The third-order valence-corrected chi connectivity index (χ3v) is 6.33. The van der Waals surface area contributed by atoms with Crippen molar-refractivity contribution in [3.8, 4) is 11.5 Å². The van der Waals surface area contributed by atoms with Crippen molar-refractivity contribution in [2.24, 2.45) is 4.99 Å². The van der Waals surface area contributed by atoms with Gasteiger partial charge < -0.3 is 14.2 Å². The molecule has 0 N–H and O–H groups in total. The van der Waals surface area contributed by atoms with Gasteiger partial charge in [0.25, 0.3) is 5.56 Å². The van der Waals surface area contributed by atoms with Gasteiger partial charge in [0.2, 0.25) is 0 Å². The summed E-state index contributed by atoms with van der Waals surface area (Å²) in [5.41, 5.74) is 1.89. The molecule has 0 amide bonds. The first kappa shape index (κ1) is 24.4. The first-order chi connectivity index (χ1) is 16.8. The Morgan fingerprint density at radius 2 is 2.03 bits per heavy atom. The number of ether oxygens (including phenoxy) is 3. The molecule has 4 rings (SSSR count). The highest BCUT2D eigenvalue weighted by atomic mass is 32.1. The summed E-state index contributed by atoms with van der Waals surface area (Å²) in [5, 5.41) is 0. The molecule has 35 heavy (non-hydrogen) atoms. The third-order valence-electron chi connectivity index (χ3n) is 5.35. The molecule has 3 aromatic rings. The Bertz CT molecular complexity index is 1450. The van der Waals surface area contributed by atoms with Crippen LogP contribution in [0.15, 0.2) is 63.7 Å². The number of thiazole rings is 1. The summed E-state index contributed by atoms with van der Waals surface area (Å²) in [5.74, 6) is 0.566. The maximum absolute atomic E-state index is 13.6. The van der Waals surface area contributed by atoms with Gasteiger partial charge in [0.15, 0.2) is 16.3 Å². The van der Waals surface area contributed by atoms with E-state index in [9.17, 15) is 9.59 Å². The van der Waals surface area contributed by atoms with Crippen molar-refractivity contribution >= 4 is 23.4 Å². The molecule has 1 aliphatic rings. The van der Waals surface area contributed by atoms with E-state index in [1.807, 2.05) is 38.1 Å². The molecule has 1 aromatic carbocycles. The number of fused-ring (bicyclic) bond motifs is 1. The molecule has 0 bridgehead atoms. The van der Waals surface area contributed by atoms with Crippen molar-refractivity contribution < 1.29 is 19.0 Å². The lowest BCUT2D eigenvalue weighted by molar-refractivity contribution is -0.139. The minimum atomic E-state index is -0.738. The zero-order chi connectivity index (χ0) is 25.1. The lowest BCUT2D eigenvalue weighted by Gasteiger charge is -2.25. The molecule has 0 radical (unpaired) electrons. The minimum absolute atomic E-state index is 0.0451. The van der Waals surface area contributed by atoms with Crippen molar-refractivity contribution in [3.05, 3.63) is 84.8 Å². The lowest BCUT2D eigenvalue weighted by Crippen LogP contribution is -2.40. The second-order valence-electron chi connectivity index (χ2n) is 8.13. The number of pyridine rings is 1. The van der Waals surface area contributed by atoms with E-state index >= 15 is 0 Å². The molecule has 3 heterocycles. The summed E-state index contributed by atoms with van der Waals surface area (Å²) < 4.78 is 18.8. The van der Waals surface area contributed by atoms with E-state index in [1.54, 1.807) is 45.4 Å². The van der Waals surface area contributed by atoms with E-state index in [1.165, 1.54) is 15.9 Å². The number of carbonyl (C=O) groups is 1. The van der Waals surface area contributed by atoms with Crippen LogP contribution in [0.25, 0.3) is 6.08 Å². The van der Waals surface area contributed by atoms with Gasteiger partial charge in [-0.05, 0) is 63.6 Å². The van der Waals surface area contributed by atoms with Crippen LogP contribution in [-0.2, 0) is 9.53 Å². The molecule has 1 aliphatic heterocycles. The Kier molecular flexibility index (Phi) is 7.16. The van der Waals surface area contributed by atoms with Crippen LogP contribution in [0.3, 0.4) is 0 Å². The molecule has 9 heteroatoms. The van der Waals surface area contributed by atoms with Crippen molar-refractivity contribution in [1.29, 1.82) is 0 Å². The van der Waals surface area contributed by atoms with Gasteiger partial charge in [0.05, 0.1) is 47.4 Å². The normalized spacial score (nSPS) is 15.6. The number of methoxy groups -OCH3 is 1. The Balaban J connectivity index is 1.94. The third kappa shape index (κ3) is 4.90. The SMILES string of the molecule is CCOC(=O)C1=C(C)N=c2sc(=Cc3ccccn3)c(=O)n2C1c1ccc(OC(C)C)c(OC)c1. The first-order valence-corrected chi connectivity index (χ1v) is 12.1. The lowest BCUT2D eigenvalue weighted by atomic mass is 9.95. The van der Waals surface area contributed by atoms with E-state index < -0.39 is 12.0 Å². The van der Waals surface area contributed by atoms with Crippen LogP contribution < -0.4 is 24.4 Å². The number of esters is 1. The monoisotopic (exact) mass is 493 g/mol. The smallest absolute Gasteiger partial charge is 0.338 e. The van der Waals surface area contributed by atoms with Gasteiger partial charge in [0, 0.05) is 6.20 Å². The molecule has 0 saturated heterocycles. The summed E-state index contributed by atoms with van der Waals surface area (Å²) in [4.78, 5) is 36.1. The molecule has 0 aliphatic carbocycles. The molecular weight excluding hydrogens is 466 g/mol. The molecule has 0 saturated carbocycles. The minimum Gasteiger partial charge on any atom is -0.493 e. The van der Waals surface area contributed by atoms with Crippen molar-refractivity contribution in [2.75, 3.05) is 13.7 Å². The van der Waals surface area contributed by atoms with Gasteiger partial charge in [-0.3, -0.25) is 14.3 Å². The second kappa shape index (κ2) is 10.3. The maximum Gasteiger partial charge on any atom is 0.338 e. The van der Waals surface area contributed by atoms with Crippen LogP contribution in [0.1, 0.15) is 45.0 Å². The molecule has 0 spiro atoms. The summed E-state index contributed by atoms with van der Waals surface area (Å²) in [7, 11) is 1.55. The molecule has 1 unspecified atom stereocenters. The van der Waals surface area contributed by atoms with Gasteiger partial charge in [-0.15, -0.1) is 0 Å². The van der Waals surface area contributed by atoms with Crippen LogP contribution in [0.4, 0.5) is 0 Å². The highest BCUT2D eigenvalue weighted by Crippen LogP contribution is 2.36. The summed E-state index contributed by atoms with van der Waals surface area (Å²) in [6.45, 7) is 7.56. The number of hydrogen-bond donors (Lipinski definition) is 0. The van der Waals surface area contributed by atoms with Gasteiger partial charge in [0.1, 0.15) is 0 Å². The number of hydrogen-bond acceptors (Lipinski definition) is 8. The highest BCUT2D eigenvalue weighted by Gasteiger charge is 2.34. The predicted molar refractivity (Wildman–Crippen MR) is 133 cm³/mol. The van der Waals surface area contributed by atoms with Crippen LogP contribution in [0.5, 0.6) is 11.5 Å². The number of benzene rings is 1. The molecular formula is C26H27N3O5S. The number of allylic oxidation sites excluding steroid dienone is 1. The standard InChI is InChI=1S/C26H27N3O5S/c1-6-33-25(31)22-16(4)28-26-29(24(30)21(35-26)14-18-9-7-8-12-27-18)23(22)17-10-11-19(34-15(2)3)20(13-17)32-5/h7-15,23H,6H2,1-5H3. The molecule has 8 nitrogen and oxygen atoms in total. The molecule has 1 atom stereocenters. The number of rotatable bonds is 7. The van der Waals surface area contributed by atoms with Gasteiger partial charge in [-0.2, -0.15) is 0 Å². The molecule has 182 valence electrons. The topological polar surface area (TPSA) is 92.0 Å². The van der Waals surface area contributed by atoms with Gasteiger partial charge in [-0.1, -0.05) is 23.5 Å². The number of aromatic nitrogens is 2. The van der Waals surface area contributed by atoms with Gasteiger partial charge in [-0.25, -0.2) is 9.79 Å². The van der Waals surface area contributed by atoms with E-state index in [0.717, 1.165) is 0 Å². The van der Waals surface area contributed by atoms with Crippen molar-refractivity contribution in [1.82, 2.24) is 9.55 Å². The first-order valence-electron chi connectivity index (χ1n) is 11.3. The fraction of sp³-hybridized carbons (Fsp3) is 0.308. The largest absolute Gasteiger partial charge is 0.493 e. The maximum atomic E-state index is 13.6. The number of nitrogens with zero attached hydrogens (tertiary/aromatic N) is 3. The van der Waals surface area contributed by atoms with E-state index in [-0.39, 0.29) is 18.3 Å². The number of carbonyl (C=O) groups excluding carboxylic acids is 1. The van der Waals surface area contributed by atoms with Crippen LogP contribution >= 0.6 is 11.3 Å². The average molecular weight is 494 g/mol. The molecule has 0 fully saturated rings. The zero-order valence-corrected chi connectivity index (χ0v) is 21.1. The van der Waals surface area contributed by atoms with Crippen LogP contribution in [0.2, 0.25) is 0 Å². The quantitative estimate of drug-likeness (QED) is 0.470. The Morgan fingerprint density at radius 1 is 1.23 bits per heavy atom. The zero-order valence-electron chi connectivity index (χ0n) is 20.3. The fourth-order valence-corrected chi connectivity index (χ4v) is 4.94. The Labute approximate surface area is 206 Å².